The molecule has 1 aromatic carbocycles. The highest BCUT2D eigenvalue weighted by molar-refractivity contribution is 6.30. The molecule has 1 atom stereocenters. The molecule has 2 N–H and O–H groups in total. The molecule has 2 aromatic rings. The minimum absolute atomic E-state index is 0.120. The van der Waals surface area contributed by atoms with Crippen LogP contribution in [0.15, 0.2) is 22.7 Å². The molecule has 0 saturated heterocycles. The van der Waals surface area contributed by atoms with Crippen molar-refractivity contribution in [1.82, 2.24) is 10.1 Å². The van der Waals surface area contributed by atoms with E-state index in [0.717, 1.165) is 11.1 Å². The summed E-state index contributed by atoms with van der Waals surface area (Å²) in [7, 11) is 0. The Morgan fingerprint density at radius 3 is 2.53 bits per heavy atom. The molecule has 1 aromatic heterocycles. The lowest BCUT2D eigenvalue weighted by Gasteiger charge is -2.23. The molecule has 0 aliphatic rings. The fourth-order valence-electron chi connectivity index (χ4n) is 1.73. The minimum atomic E-state index is -0.273. The van der Waals surface area contributed by atoms with Crippen LogP contribution in [0.4, 0.5) is 0 Å². The summed E-state index contributed by atoms with van der Waals surface area (Å²) in [5, 5.41) is 4.61. The number of hydrogen-bond donors (Lipinski definition) is 1. The van der Waals surface area contributed by atoms with E-state index in [-0.39, 0.29) is 11.5 Å². The zero-order valence-electron chi connectivity index (χ0n) is 11.6. The highest BCUT2D eigenvalue weighted by Crippen LogP contribution is 2.30. The Balaban J connectivity index is 2.36. The Hall–Kier alpha value is -1.39. The number of aryl methyl sites for hydroxylation is 1. The van der Waals surface area contributed by atoms with Gasteiger partial charge in [0.25, 0.3) is 5.89 Å². The van der Waals surface area contributed by atoms with E-state index in [1.165, 1.54) is 0 Å². The maximum Gasteiger partial charge on any atom is 0.258 e. The molecule has 1 heterocycles. The second-order valence-electron chi connectivity index (χ2n) is 5.82. The van der Waals surface area contributed by atoms with Gasteiger partial charge in [-0.1, -0.05) is 37.5 Å². The lowest BCUT2D eigenvalue weighted by Crippen LogP contribution is -2.27. The molecule has 5 heteroatoms. The normalized spacial score (nSPS) is 13.6. The van der Waals surface area contributed by atoms with Crippen LogP contribution in [0.2, 0.25) is 5.02 Å². The van der Waals surface area contributed by atoms with Crippen LogP contribution in [0.1, 0.15) is 38.2 Å². The number of hydrogen-bond acceptors (Lipinski definition) is 4. The standard InChI is InChI=1S/C14H18ClN3O/c1-8-5-9(7-10(15)6-8)13-17-12(18-19-13)11(16)14(2,3)4/h5-7,11H,16H2,1-4H3. The maximum absolute atomic E-state index is 6.11. The Labute approximate surface area is 118 Å². The third-order valence-electron chi connectivity index (χ3n) is 2.94. The quantitative estimate of drug-likeness (QED) is 0.909. The van der Waals surface area contributed by atoms with Gasteiger partial charge in [0, 0.05) is 10.6 Å². The maximum atomic E-state index is 6.11. The minimum Gasteiger partial charge on any atom is -0.334 e. The number of halogens is 1. The fraction of sp³-hybridized carbons (Fsp3) is 0.429. The number of nitrogens with two attached hydrogens (primary N) is 1. The van der Waals surface area contributed by atoms with Gasteiger partial charge in [-0.25, -0.2) is 0 Å². The number of rotatable bonds is 2. The predicted octanol–water partition coefficient (Wildman–Crippen LogP) is 3.74. The van der Waals surface area contributed by atoms with Crippen LogP contribution in [-0.2, 0) is 0 Å². The van der Waals surface area contributed by atoms with Crippen LogP contribution in [0.25, 0.3) is 11.5 Å². The summed E-state index contributed by atoms with van der Waals surface area (Å²) in [6.45, 7) is 8.08. The van der Waals surface area contributed by atoms with Gasteiger partial charge in [0.1, 0.15) is 0 Å². The lowest BCUT2D eigenvalue weighted by molar-refractivity contribution is 0.303. The van der Waals surface area contributed by atoms with Crippen LogP contribution in [0.3, 0.4) is 0 Å². The van der Waals surface area contributed by atoms with Crippen LogP contribution in [0.5, 0.6) is 0 Å². The van der Waals surface area contributed by atoms with Crippen molar-refractivity contribution < 1.29 is 4.52 Å². The second-order valence-corrected chi connectivity index (χ2v) is 6.26. The molecular weight excluding hydrogens is 262 g/mol. The van der Waals surface area contributed by atoms with Gasteiger partial charge in [-0.3, -0.25) is 0 Å². The van der Waals surface area contributed by atoms with Crippen LogP contribution in [-0.4, -0.2) is 10.1 Å². The van der Waals surface area contributed by atoms with Crippen molar-refractivity contribution in [3.63, 3.8) is 0 Å². The zero-order valence-corrected chi connectivity index (χ0v) is 12.3. The Morgan fingerprint density at radius 2 is 1.95 bits per heavy atom. The first kappa shape index (κ1) is 14.0. The Bertz CT molecular complexity index is 566. The third kappa shape index (κ3) is 3.14. The van der Waals surface area contributed by atoms with Crippen molar-refractivity contribution in [2.24, 2.45) is 11.1 Å². The smallest absolute Gasteiger partial charge is 0.258 e. The van der Waals surface area contributed by atoms with E-state index in [1.54, 1.807) is 6.07 Å². The number of nitrogens with zero attached hydrogens (tertiary/aromatic N) is 2. The van der Waals surface area contributed by atoms with Gasteiger partial charge >= 0.3 is 0 Å². The topological polar surface area (TPSA) is 64.9 Å². The monoisotopic (exact) mass is 279 g/mol. The van der Waals surface area contributed by atoms with Crippen molar-refractivity contribution in [2.45, 2.75) is 33.7 Å². The number of aromatic nitrogens is 2. The summed E-state index contributed by atoms with van der Waals surface area (Å²) < 4.78 is 5.28. The van der Waals surface area contributed by atoms with Crippen molar-refractivity contribution in [2.75, 3.05) is 0 Å². The molecule has 0 aliphatic carbocycles. The van der Waals surface area contributed by atoms with Gasteiger partial charge in [0.05, 0.1) is 6.04 Å². The zero-order chi connectivity index (χ0) is 14.2. The molecule has 0 aliphatic heterocycles. The molecule has 102 valence electrons. The predicted molar refractivity (Wildman–Crippen MR) is 75.9 cm³/mol. The van der Waals surface area contributed by atoms with Crippen molar-refractivity contribution in [3.8, 4) is 11.5 Å². The molecule has 1 unspecified atom stereocenters. The van der Waals surface area contributed by atoms with Gasteiger partial charge < -0.3 is 10.3 Å². The third-order valence-corrected chi connectivity index (χ3v) is 3.16. The molecule has 0 bridgehead atoms. The Morgan fingerprint density at radius 1 is 1.26 bits per heavy atom. The summed E-state index contributed by atoms with van der Waals surface area (Å²) in [6.07, 6.45) is 0. The highest BCUT2D eigenvalue weighted by atomic mass is 35.5. The molecule has 0 saturated carbocycles. The van der Waals surface area contributed by atoms with Crippen molar-refractivity contribution >= 4 is 11.6 Å². The van der Waals surface area contributed by atoms with E-state index in [9.17, 15) is 0 Å². The van der Waals surface area contributed by atoms with Crippen LogP contribution in [0, 0.1) is 12.3 Å². The van der Waals surface area contributed by atoms with Crippen molar-refractivity contribution in [1.29, 1.82) is 0 Å². The lowest BCUT2D eigenvalue weighted by atomic mass is 9.87. The average Bonchev–Trinajstić information content (AvgIpc) is 2.74. The van der Waals surface area contributed by atoms with Gasteiger partial charge in [-0.05, 0) is 36.1 Å². The van der Waals surface area contributed by atoms with E-state index in [0.29, 0.717) is 16.7 Å². The van der Waals surface area contributed by atoms with Gasteiger partial charge in [0.15, 0.2) is 5.82 Å². The summed E-state index contributed by atoms with van der Waals surface area (Å²) in [5.41, 5.74) is 7.85. The van der Waals surface area contributed by atoms with E-state index < -0.39 is 0 Å². The first-order chi connectivity index (χ1) is 8.77. The van der Waals surface area contributed by atoms with E-state index in [4.69, 9.17) is 21.9 Å². The molecule has 2 rings (SSSR count). The molecule has 0 spiro atoms. The SMILES string of the molecule is Cc1cc(Cl)cc(-c2nc(C(N)C(C)(C)C)no2)c1. The van der Waals surface area contributed by atoms with Gasteiger partial charge in [0.2, 0.25) is 0 Å². The summed E-state index contributed by atoms with van der Waals surface area (Å²) in [5.74, 6) is 0.959. The van der Waals surface area contributed by atoms with Crippen LogP contribution < -0.4 is 5.73 Å². The first-order valence-corrected chi connectivity index (χ1v) is 6.52. The largest absolute Gasteiger partial charge is 0.334 e. The first-order valence-electron chi connectivity index (χ1n) is 6.14. The Kier molecular flexibility index (Phi) is 3.65. The summed E-state index contributed by atoms with van der Waals surface area (Å²) in [6, 6.07) is 5.36. The molecule has 0 fully saturated rings. The summed E-state index contributed by atoms with van der Waals surface area (Å²) >= 11 is 6.03. The van der Waals surface area contributed by atoms with E-state index in [2.05, 4.69) is 10.1 Å². The van der Waals surface area contributed by atoms with E-state index >= 15 is 0 Å². The fourth-order valence-corrected chi connectivity index (χ4v) is 2.02. The number of benzene rings is 1. The van der Waals surface area contributed by atoms with Gasteiger partial charge in [-0.15, -0.1) is 0 Å². The summed E-state index contributed by atoms with van der Waals surface area (Å²) in [4.78, 5) is 4.37. The molecular formula is C14H18ClN3O. The molecule has 19 heavy (non-hydrogen) atoms. The van der Waals surface area contributed by atoms with Crippen molar-refractivity contribution in [3.05, 3.63) is 34.6 Å². The van der Waals surface area contributed by atoms with Gasteiger partial charge in [-0.2, -0.15) is 4.98 Å². The molecule has 0 amide bonds. The highest BCUT2D eigenvalue weighted by Gasteiger charge is 2.27. The average molecular weight is 280 g/mol. The van der Waals surface area contributed by atoms with Crippen LogP contribution >= 0.6 is 11.6 Å². The molecule has 0 radical (unpaired) electrons. The second kappa shape index (κ2) is 4.94. The van der Waals surface area contributed by atoms with E-state index in [1.807, 2.05) is 39.8 Å². The molecule has 4 nitrogen and oxygen atoms in total.